The van der Waals surface area contributed by atoms with E-state index in [1.807, 2.05) is 0 Å². The third-order valence-electron chi connectivity index (χ3n) is 2.81. The van der Waals surface area contributed by atoms with Gasteiger partial charge in [-0.05, 0) is 23.3 Å². The van der Waals surface area contributed by atoms with Crippen LogP contribution in [0.4, 0.5) is 0 Å². The largest absolute Gasteiger partial charge is 0.502 e. The normalized spacial score (nSPS) is 11.8. The second-order valence-corrected chi connectivity index (χ2v) is 4.56. The predicted octanol–water partition coefficient (Wildman–Crippen LogP) is 3.25. The first-order valence-corrected chi connectivity index (χ1v) is 6.74. The van der Waals surface area contributed by atoms with E-state index in [-0.39, 0.29) is 0 Å². The van der Waals surface area contributed by atoms with Crippen LogP contribution in [0.15, 0.2) is 72.2 Å². The Hall–Kier alpha value is -3.34. The molecule has 0 aliphatic carbocycles. The minimum atomic E-state index is -1.24. The predicted molar refractivity (Wildman–Crippen MR) is 85.2 cm³/mol. The van der Waals surface area contributed by atoms with E-state index < -0.39 is 23.5 Å². The van der Waals surface area contributed by atoms with E-state index in [0.29, 0.717) is 11.1 Å². The van der Waals surface area contributed by atoms with Crippen LogP contribution in [-0.4, -0.2) is 22.2 Å². The van der Waals surface area contributed by atoms with Gasteiger partial charge in [0.15, 0.2) is 0 Å². The molecule has 2 aromatic rings. The summed E-state index contributed by atoms with van der Waals surface area (Å²) in [5.41, 5.74) is 1.14. The van der Waals surface area contributed by atoms with Crippen LogP contribution in [0.25, 0.3) is 12.2 Å². The highest BCUT2D eigenvalue weighted by atomic mass is 16.6. The molecular weight excluding hydrogens is 296 g/mol. The molecule has 0 fully saturated rings. The Kier molecular flexibility index (Phi) is 5.30. The van der Waals surface area contributed by atoms with E-state index in [9.17, 15) is 19.8 Å². The summed E-state index contributed by atoms with van der Waals surface area (Å²) in [5, 5.41) is 19.2. The van der Waals surface area contributed by atoms with Crippen molar-refractivity contribution in [3.05, 3.63) is 83.3 Å². The van der Waals surface area contributed by atoms with Crippen LogP contribution in [0.3, 0.4) is 0 Å². The number of hydrogen-bond donors (Lipinski definition) is 2. The maximum atomic E-state index is 11.6. The van der Waals surface area contributed by atoms with Crippen LogP contribution in [-0.2, 0) is 14.3 Å². The molecule has 23 heavy (non-hydrogen) atoms. The van der Waals surface area contributed by atoms with Crippen molar-refractivity contribution in [2.75, 3.05) is 0 Å². The van der Waals surface area contributed by atoms with Gasteiger partial charge in [0.25, 0.3) is 0 Å². The molecule has 0 unspecified atom stereocenters. The minimum Gasteiger partial charge on any atom is -0.502 e. The maximum absolute atomic E-state index is 11.6. The zero-order chi connectivity index (χ0) is 16.7. The van der Waals surface area contributed by atoms with Gasteiger partial charge in [-0.15, -0.1) is 0 Å². The van der Waals surface area contributed by atoms with E-state index in [1.165, 1.54) is 0 Å². The summed E-state index contributed by atoms with van der Waals surface area (Å²) in [5.74, 6) is -3.96. The summed E-state index contributed by atoms with van der Waals surface area (Å²) < 4.78 is 4.40. The van der Waals surface area contributed by atoms with Gasteiger partial charge in [-0.1, -0.05) is 60.7 Å². The molecule has 0 saturated heterocycles. The molecule has 0 aromatic heterocycles. The zero-order valence-corrected chi connectivity index (χ0v) is 12.0. The van der Waals surface area contributed by atoms with E-state index >= 15 is 0 Å². The molecule has 0 aliphatic rings. The Bertz CT molecular complexity index is 680. The number of hydrogen-bond acceptors (Lipinski definition) is 5. The number of aliphatic hydroxyl groups is 2. The van der Waals surface area contributed by atoms with Gasteiger partial charge in [0.2, 0.25) is 11.5 Å². The number of benzene rings is 2. The highest BCUT2D eigenvalue weighted by molar-refractivity contribution is 6.03. The van der Waals surface area contributed by atoms with Gasteiger partial charge < -0.3 is 14.9 Å². The molecule has 2 rings (SSSR count). The fourth-order valence-corrected chi connectivity index (χ4v) is 1.72. The topological polar surface area (TPSA) is 83.8 Å². The van der Waals surface area contributed by atoms with Crippen molar-refractivity contribution < 1.29 is 24.5 Å². The Morgan fingerprint density at radius 3 is 1.39 bits per heavy atom. The van der Waals surface area contributed by atoms with Crippen molar-refractivity contribution in [3.8, 4) is 0 Å². The zero-order valence-electron chi connectivity index (χ0n) is 12.0. The Morgan fingerprint density at radius 2 is 1.04 bits per heavy atom. The third kappa shape index (κ3) is 4.86. The lowest BCUT2D eigenvalue weighted by atomic mass is 10.2. The molecule has 0 atom stereocenters. The first-order valence-electron chi connectivity index (χ1n) is 6.74. The van der Waals surface area contributed by atoms with Crippen molar-refractivity contribution in [2.45, 2.75) is 0 Å². The van der Waals surface area contributed by atoms with Crippen molar-refractivity contribution in [2.24, 2.45) is 0 Å². The van der Waals surface area contributed by atoms with Crippen LogP contribution in [0.5, 0.6) is 0 Å². The second kappa shape index (κ2) is 7.61. The lowest BCUT2D eigenvalue weighted by Crippen LogP contribution is -2.15. The quantitative estimate of drug-likeness (QED) is 0.392. The van der Waals surface area contributed by atoms with E-state index in [0.717, 1.165) is 12.2 Å². The van der Waals surface area contributed by atoms with E-state index in [4.69, 9.17) is 0 Å². The second-order valence-electron chi connectivity index (χ2n) is 4.56. The van der Waals surface area contributed by atoms with Gasteiger partial charge in [-0.25, -0.2) is 9.59 Å². The average Bonchev–Trinajstić information content (AvgIpc) is 2.56. The summed E-state index contributed by atoms with van der Waals surface area (Å²) in [6.45, 7) is 0. The van der Waals surface area contributed by atoms with Gasteiger partial charge in [0, 0.05) is 0 Å². The number of ether oxygens (including phenoxy) is 1. The molecule has 0 amide bonds. The fraction of sp³-hybridized carbons (Fsp3) is 0. The lowest BCUT2D eigenvalue weighted by Gasteiger charge is -2.02. The van der Waals surface area contributed by atoms with Crippen LogP contribution in [0, 0.1) is 0 Å². The Labute approximate surface area is 132 Å². The van der Waals surface area contributed by atoms with Gasteiger partial charge in [-0.2, -0.15) is 0 Å². The molecule has 5 heteroatoms. The highest BCUT2D eigenvalue weighted by Gasteiger charge is 2.18. The summed E-state index contributed by atoms with van der Waals surface area (Å²) in [7, 11) is 0. The third-order valence-corrected chi connectivity index (χ3v) is 2.81. The van der Waals surface area contributed by atoms with Crippen molar-refractivity contribution >= 4 is 24.1 Å². The molecule has 5 nitrogen and oxygen atoms in total. The van der Waals surface area contributed by atoms with Crippen LogP contribution >= 0.6 is 0 Å². The summed E-state index contributed by atoms with van der Waals surface area (Å²) in [6.07, 6.45) is 2.32. The smallest absolute Gasteiger partial charge is 0.381 e. The van der Waals surface area contributed by atoms with Crippen LogP contribution in [0.2, 0.25) is 0 Å². The fourth-order valence-electron chi connectivity index (χ4n) is 1.72. The van der Waals surface area contributed by atoms with Gasteiger partial charge in [0.05, 0.1) is 0 Å². The number of carbonyl (C=O) groups is 2. The number of rotatable bonds is 4. The molecule has 0 radical (unpaired) electrons. The molecule has 0 heterocycles. The first kappa shape index (κ1) is 16.0. The maximum Gasteiger partial charge on any atom is 0.381 e. The first-order chi connectivity index (χ1) is 11.1. The number of carbonyl (C=O) groups excluding carboxylic acids is 2. The molecule has 0 bridgehead atoms. The Balaban J connectivity index is 2.03. The molecule has 2 N–H and O–H groups in total. The van der Waals surface area contributed by atoms with Crippen LogP contribution < -0.4 is 0 Å². The van der Waals surface area contributed by atoms with Crippen molar-refractivity contribution in [1.29, 1.82) is 0 Å². The lowest BCUT2D eigenvalue weighted by molar-refractivity contribution is -0.157. The van der Waals surface area contributed by atoms with Crippen molar-refractivity contribution in [3.63, 3.8) is 0 Å². The molecule has 0 saturated carbocycles. The number of esters is 2. The number of aliphatic hydroxyl groups excluding tert-OH is 2. The van der Waals surface area contributed by atoms with Crippen LogP contribution in [0.1, 0.15) is 11.1 Å². The van der Waals surface area contributed by atoms with E-state index in [2.05, 4.69) is 4.74 Å². The standard InChI is InChI=1S/C18H14O5/c19-15(11-13-7-3-1-4-8-13)17(21)23-18(22)16(20)12-14-9-5-2-6-10-14/h1-12,19-20H. The van der Waals surface area contributed by atoms with Gasteiger partial charge in [0.1, 0.15) is 0 Å². The molecule has 116 valence electrons. The molecule has 0 aliphatic heterocycles. The monoisotopic (exact) mass is 310 g/mol. The average molecular weight is 310 g/mol. The molecule has 2 aromatic carbocycles. The molecule has 0 spiro atoms. The van der Waals surface area contributed by atoms with E-state index in [1.54, 1.807) is 60.7 Å². The van der Waals surface area contributed by atoms with Gasteiger partial charge in [-0.3, -0.25) is 0 Å². The van der Waals surface area contributed by atoms with Crippen molar-refractivity contribution in [1.82, 2.24) is 0 Å². The Morgan fingerprint density at radius 1 is 0.696 bits per heavy atom. The summed E-state index contributed by atoms with van der Waals surface area (Å²) >= 11 is 0. The van der Waals surface area contributed by atoms with Gasteiger partial charge >= 0.3 is 11.9 Å². The summed E-state index contributed by atoms with van der Waals surface area (Å²) in [6, 6.07) is 17.1. The SMILES string of the molecule is O=C(OC(=O)C(O)=Cc1ccccc1)C(O)=Cc1ccccc1. The minimum absolute atomic E-state index is 0.568. The summed E-state index contributed by atoms with van der Waals surface area (Å²) in [4.78, 5) is 23.2. The molecular formula is C18H14O5. The highest BCUT2D eigenvalue weighted by Crippen LogP contribution is 2.09.